The van der Waals surface area contributed by atoms with Gasteiger partial charge >= 0.3 is 0 Å². The molecular weight excluding hydrogens is 138 g/mol. The summed E-state index contributed by atoms with van der Waals surface area (Å²) in [4.78, 5) is 0. The Morgan fingerprint density at radius 3 is 2.82 bits per heavy atom. The highest BCUT2D eigenvalue weighted by molar-refractivity contribution is 4.89. The van der Waals surface area contributed by atoms with Crippen LogP contribution in [-0.4, -0.2) is 24.3 Å². The van der Waals surface area contributed by atoms with Crippen LogP contribution in [0.25, 0.3) is 0 Å². The Labute approximate surface area is 69.0 Å². The zero-order valence-electron chi connectivity index (χ0n) is 7.56. The molecule has 2 nitrogen and oxygen atoms in total. The van der Waals surface area contributed by atoms with E-state index in [1.54, 1.807) is 0 Å². The smallest absolute Gasteiger partial charge is 0.0774 e. The van der Waals surface area contributed by atoms with Crippen molar-refractivity contribution in [3.63, 3.8) is 0 Å². The third-order valence-corrected chi connectivity index (χ3v) is 2.77. The second-order valence-corrected chi connectivity index (χ2v) is 3.77. The first kappa shape index (κ1) is 9.01. The number of hydrogen-bond acceptors (Lipinski definition) is 2. The van der Waals surface area contributed by atoms with Crippen LogP contribution >= 0.6 is 0 Å². The van der Waals surface area contributed by atoms with Crippen LogP contribution in [0.15, 0.2) is 0 Å². The molecule has 0 radical (unpaired) electrons. The Hall–Kier alpha value is -0.0800. The van der Waals surface area contributed by atoms with Crippen molar-refractivity contribution >= 4 is 0 Å². The Morgan fingerprint density at radius 2 is 2.36 bits per heavy atom. The van der Waals surface area contributed by atoms with Crippen LogP contribution in [0.2, 0.25) is 0 Å². The van der Waals surface area contributed by atoms with Gasteiger partial charge in [-0.1, -0.05) is 13.3 Å². The maximum absolute atomic E-state index is 9.93. The lowest BCUT2D eigenvalue weighted by Gasteiger charge is -2.21. The van der Waals surface area contributed by atoms with Crippen molar-refractivity contribution in [2.24, 2.45) is 5.92 Å². The topological polar surface area (TPSA) is 32.3 Å². The van der Waals surface area contributed by atoms with Gasteiger partial charge in [0.25, 0.3) is 0 Å². The Kier molecular flexibility index (Phi) is 2.90. The molecule has 0 bridgehead atoms. The zero-order valence-corrected chi connectivity index (χ0v) is 7.56. The molecule has 2 atom stereocenters. The summed E-state index contributed by atoms with van der Waals surface area (Å²) in [5, 5.41) is 13.0. The van der Waals surface area contributed by atoms with Gasteiger partial charge in [-0.2, -0.15) is 0 Å². The van der Waals surface area contributed by atoms with E-state index in [0.717, 1.165) is 25.3 Å². The minimum atomic E-state index is -0.393. The summed E-state index contributed by atoms with van der Waals surface area (Å²) in [6, 6.07) is 0. The third-order valence-electron chi connectivity index (χ3n) is 2.77. The molecule has 0 spiro atoms. The average Bonchev–Trinajstić information content (AvgIpc) is 2.33. The summed E-state index contributed by atoms with van der Waals surface area (Å²) in [5.74, 6) is 0.758. The molecule has 66 valence electrons. The SMILES string of the molecule is CCC1CCC(O)(CNC)C1. The van der Waals surface area contributed by atoms with Crippen molar-refractivity contribution in [1.82, 2.24) is 5.32 Å². The van der Waals surface area contributed by atoms with Gasteiger partial charge < -0.3 is 10.4 Å². The van der Waals surface area contributed by atoms with Crippen LogP contribution in [0, 0.1) is 5.92 Å². The van der Waals surface area contributed by atoms with Crippen LogP contribution < -0.4 is 5.32 Å². The van der Waals surface area contributed by atoms with Gasteiger partial charge in [0, 0.05) is 6.54 Å². The average molecular weight is 157 g/mol. The van der Waals surface area contributed by atoms with Gasteiger partial charge in [-0.3, -0.25) is 0 Å². The maximum Gasteiger partial charge on any atom is 0.0774 e. The van der Waals surface area contributed by atoms with Gasteiger partial charge in [-0.05, 0) is 32.2 Å². The summed E-state index contributed by atoms with van der Waals surface area (Å²) < 4.78 is 0. The Bertz CT molecular complexity index is 127. The molecule has 1 fully saturated rings. The molecule has 0 amide bonds. The summed E-state index contributed by atoms with van der Waals surface area (Å²) in [6.45, 7) is 2.96. The normalized spacial score (nSPS) is 37.9. The van der Waals surface area contributed by atoms with E-state index in [1.165, 1.54) is 12.8 Å². The number of aliphatic hydroxyl groups is 1. The fourth-order valence-electron chi connectivity index (χ4n) is 2.05. The van der Waals surface area contributed by atoms with Crippen molar-refractivity contribution in [3.8, 4) is 0 Å². The van der Waals surface area contributed by atoms with E-state index in [0.29, 0.717) is 0 Å². The molecular formula is C9H19NO. The molecule has 1 aliphatic rings. The molecule has 1 aliphatic carbocycles. The van der Waals surface area contributed by atoms with Crippen LogP contribution in [0.5, 0.6) is 0 Å². The molecule has 0 aromatic carbocycles. The van der Waals surface area contributed by atoms with E-state index in [9.17, 15) is 5.11 Å². The molecule has 0 heterocycles. The third kappa shape index (κ3) is 2.17. The summed E-state index contributed by atoms with van der Waals surface area (Å²) >= 11 is 0. The molecule has 1 saturated carbocycles. The minimum Gasteiger partial charge on any atom is -0.389 e. The summed E-state index contributed by atoms with van der Waals surface area (Å²) in [5.41, 5.74) is -0.393. The van der Waals surface area contributed by atoms with Crippen LogP contribution in [0.4, 0.5) is 0 Å². The molecule has 11 heavy (non-hydrogen) atoms. The zero-order chi connectivity index (χ0) is 8.32. The highest BCUT2D eigenvalue weighted by Gasteiger charge is 2.35. The van der Waals surface area contributed by atoms with Crippen molar-refractivity contribution in [3.05, 3.63) is 0 Å². The van der Waals surface area contributed by atoms with Crippen molar-refractivity contribution < 1.29 is 5.11 Å². The van der Waals surface area contributed by atoms with Crippen LogP contribution in [-0.2, 0) is 0 Å². The van der Waals surface area contributed by atoms with Gasteiger partial charge in [0.05, 0.1) is 5.60 Å². The maximum atomic E-state index is 9.93. The first-order valence-corrected chi connectivity index (χ1v) is 4.57. The highest BCUT2D eigenvalue weighted by atomic mass is 16.3. The quantitative estimate of drug-likeness (QED) is 0.644. The van der Waals surface area contributed by atoms with Gasteiger partial charge in [-0.25, -0.2) is 0 Å². The first-order valence-electron chi connectivity index (χ1n) is 4.57. The fourth-order valence-corrected chi connectivity index (χ4v) is 2.05. The van der Waals surface area contributed by atoms with Crippen LogP contribution in [0.1, 0.15) is 32.6 Å². The summed E-state index contributed by atoms with van der Waals surface area (Å²) in [6.07, 6.45) is 4.39. The van der Waals surface area contributed by atoms with E-state index in [2.05, 4.69) is 12.2 Å². The lowest BCUT2D eigenvalue weighted by molar-refractivity contribution is 0.0453. The number of nitrogens with one attached hydrogen (secondary N) is 1. The molecule has 0 aromatic rings. The van der Waals surface area contributed by atoms with Crippen molar-refractivity contribution in [1.29, 1.82) is 0 Å². The van der Waals surface area contributed by atoms with Crippen molar-refractivity contribution in [2.75, 3.05) is 13.6 Å². The van der Waals surface area contributed by atoms with Crippen molar-refractivity contribution in [2.45, 2.75) is 38.2 Å². The molecule has 1 rings (SSSR count). The van der Waals surface area contributed by atoms with Gasteiger partial charge in [0.2, 0.25) is 0 Å². The minimum absolute atomic E-state index is 0.393. The largest absolute Gasteiger partial charge is 0.389 e. The second kappa shape index (κ2) is 3.55. The van der Waals surface area contributed by atoms with E-state index in [4.69, 9.17) is 0 Å². The number of hydrogen-bond donors (Lipinski definition) is 2. The molecule has 0 saturated heterocycles. The summed E-state index contributed by atoms with van der Waals surface area (Å²) in [7, 11) is 1.90. The molecule has 0 aromatic heterocycles. The second-order valence-electron chi connectivity index (χ2n) is 3.77. The van der Waals surface area contributed by atoms with E-state index in [1.807, 2.05) is 7.05 Å². The standard InChI is InChI=1S/C9H19NO/c1-3-8-4-5-9(11,6-8)7-10-2/h8,10-11H,3-7H2,1-2H3. The van der Waals surface area contributed by atoms with E-state index in [-0.39, 0.29) is 0 Å². The molecule has 2 N–H and O–H groups in total. The predicted octanol–water partition coefficient (Wildman–Crippen LogP) is 1.15. The fraction of sp³-hybridized carbons (Fsp3) is 1.00. The Balaban J connectivity index is 2.37. The van der Waals surface area contributed by atoms with E-state index >= 15 is 0 Å². The van der Waals surface area contributed by atoms with Gasteiger partial charge in [-0.15, -0.1) is 0 Å². The predicted molar refractivity (Wildman–Crippen MR) is 46.5 cm³/mol. The highest BCUT2D eigenvalue weighted by Crippen LogP contribution is 2.35. The van der Waals surface area contributed by atoms with E-state index < -0.39 is 5.60 Å². The lowest BCUT2D eigenvalue weighted by Crippen LogP contribution is -2.36. The molecule has 2 heteroatoms. The van der Waals surface area contributed by atoms with Gasteiger partial charge in [0.15, 0.2) is 0 Å². The number of likely N-dealkylation sites (N-methyl/N-ethyl adjacent to an activating group) is 1. The Morgan fingerprint density at radius 1 is 1.64 bits per heavy atom. The van der Waals surface area contributed by atoms with Crippen LogP contribution in [0.3, 0.4) is 0 Å². The van der Waals surface area contributed by atoms with Gasteiger partial charge in [0.1, 0.15) is 0 Å². The monoisotopic (exact) mass is 157 g/mol. The molecule has 2 unspecified atom stereocenters. The number of rotatable bonds is 3. The lowest BCUT2D eigenvalue weighted by atomic mass is 9.99. The molecule has 0 aliphatic heterocycles. The first-order chi connectivity index (χ1) is 5.20.